The quantitative estimate of drug-likeness (QED) is 0.754. The molecule has 0 aromatic rings. The van der Waals surface area contributed by atoms with E-state index in [4.69, 9.17) is 15.2 Å². The fraction of sp³-hybridized carbons (Fsp3) is 0.950. The van der Waals surface area contributed by atoms with Gasteiger partial charge in [-0.1, -0.05) is 33.1 Å². The van der Waals surface area contributed by atoms with Crippen LogP contribution in [-0.4, -0.2) is 23.9 Å². The summed E-state index contributed by atoms with van der Waals surface area (Å²) in [4.78, 5) is 13.1. The van der Waals surface area contributed by atoms with E-state index in [2.05, 4.69) is 20.8 Å². The Kier molecular flexibility index (Phi) is 5.71. The van der Waals surface area contributed by atoms with Crippen molar-refractivity contribution in [3.8, 4) is 0 Å². The van der Waals surface area contributed by atoms with Crippen molar-refractivity contribution in [1.29, 1.82) is 0 Å². The van der Waals surface area contributed by atoms with Crippen molar-refractivity contribution in [2.45, 2.75) is 104 Å². The molecule has 4 heteroatoms. The lowest BCUT2D eigenvalue weighted by atomic mass is 9.70. The molecule has 140 valence electrons. The van der Waals surface area contributed by atoms with Crippen LogP contribution in [0.2, 0.25) is 0 Å². The minimum absolute atomic E-state index is 0.0312. The van der Waals surface area contributed by atoms with Crippen molar-refractivity contribution in [2.24, 2.45) is 22.5 Å². The summed E-state index contributed by atoms with van der Waals surface area (Å²) < 4.78 is 12.1. The third kappa shape index (κ3) is 4.13. The number of rotatable bonds is 5. The Balaban J connectivity index is 2.16. The number of hydrogen-bond acceptors (Lipinski definition) is 4. The molecular formula is C20H37NO3. The smallest absolute Gasteiger partial charge is 0.314 e. The van der Waals surface area contributed by atoms with E-state index in [9.17, 15) is 4.79 Å². The van der Waals surface area contributed by atoms with Crippen molar-refractivity contribution in [2.75, 3.05) is 0 Å². The number of carbonyl (C=O) groups excluding carboxylic acids is 1. The molecule has 0 radical (unpaired) electrons. The molecule has 1 saturated heterocycles. The molecule has 0 aromatic heterocycles. The first-order valence-electron chi connectivity index (χ1n) is 9.64. The Morgan fingerprint density at radius 3 is 2.33 bits per heavy atom. The summed E-state index contributed by atoms with van der Waals surface area (Å²) in [6, 6.07) is 0. The first-order chi connectivity index (χ1) is 11.0. The summed E-state index contributed by atoms with van der Waals surface area (Å²) in [6.45, 7) is 12.2. The minimum Gasteiger partial charge on any atom is -0.435 e. The largest absolute Gasteiger partial charge is 0.435 e. The van der Waals surface area contributed by atoms with Gasteiger partial charge in [0, 0.05) is 11.0 Å². The molecule has 1 saturated carbocycles. The van der Waals surface area contributed by atoms with E-state index < -0.39 is 11.0 Å². The van der Waals surface area contributed by atoms with Crippen LogP contribution in [0.3, 0.4) is 0 Å². The molecule has 1 heterocycles. The van der Waals surface area contributed by atoms with Crippen molar-refractivity contribution in [3.05, 3.63) is 0 Å². The molecule has 0 aromatic carbocycles. The van der Waals surface area contributed by atoms with E-state index in [1.165, 1.54) is 19.3 Å². The third-order valence-electron chi connectivity index (χ3n) is 6.18. The lowest BCUT2D eigenvalue weighted by molar-refractivity contribution is -0.208. The van der Waals surface area contributed by atoms with E-state index in [0.717, 1.165) is 19.3 Å². The van der Waals surface area contributed by atoms with Gasteiger partial charge in [-0.05, 0) is 59.3 Å². The van der Waals surface area contributed by atoms with Gasteiger partial charge in [0.05, 0.1) is 11.5 Å². The van der Waals surface area contributed by atoms with Gasteiger partial charge in [0.25, 0.3) is 0 Å². The van der Waals surface area contributed by atoms with Crippen molar-refractivity contribution < 1.29 is 14.3 Å². The maximum Gasteiger partial charge on any atom is 0.314 e. The monoisotopic (exact) mass is 339 g/mol. The predicted octanol–water partition coefficient (Wildman–Crippen LogP) is 4.40. The van der Waals surface area contributed by atoms with Crippen LogP contribution in [0.4, 0.5) is 0 Å². The zero-order valence-electron chi connectivity index (χ0n) is 16.5. The van der Waals surface area contributed by atoms with E-state index in [1.54, 1.807) is 0 Å². The third-order valence-corrected chi connectivity index (χ3v) is 6.18. The highest BCUT2D eigenvalue weighted by molar-refractivity contribution is 5.77. The van der Waals surface area contributed by atoms with Crippen LogP contribution in [0.15, 0.2) is 0 Å². The normalized spacial score (nSPS) is 29.7. The van der Waals surface area contributed by atoms with E-state index >= 15 is 0 Å². The molecule has 0 bridgehead atoms. The Hall–Kier alpha value is -0.610. The second-order valence-corrected chi connectivity index (χ2v) is 9.55. The SMILES string of the molecule is CC1CC2(CCCCC2)C(OC(=O)C(C)(CC(C)(C)N)C(C)C)O1. The molecule has 1 spiro atoms. The maximum atomic E-state index is 13.1. The van der Waals surface area contributed by atoms with Crippen LogP contribution < -0.4 is 5.73 Å². The van der Waals surface area contributed by atoms with E-state index in [0.29, 0.717) is 6.42 Å². The van der Waals surface area contributed by atoms with E-state index in [1.807, 2.05) is 20.8 Å². The molecule has 0 amide bonds. The minimum atomic E-state index is -0.594. The molecule has 2 fully saturated rings. The fourth-order valence-corrected chi connectivity index (χ4v) is 4.61. The molecule has 3 atom stereocenters. The Labute approximate surface area is 147 Å². The summed E-state index contributed by atoms with van der Waals surface area (Å²) in [5.41, 5.74) is 5.25. The molecular weight excluding hydrogens is 302 g/mol. The van der Waals surface area contributed by atoms with Crippen LogP contribution in [0.1, 0.15) is 86.5 Å². The van der Waals surface area contributed by atoms with Crippen LogP contribution in [0.5, 0.6) is 0 Å². The Morgan fingerprint density at radius 1 is 1.25 bits per heavy atom. The van der Waals surface area contributed by atoms with Crippen molar-refractivity contribution in [1.82, 2.24) is 0 Å². The second-order valence-electron chi connectivity index (χ2n) is 9.55. The zero-order chi connectivity index (χ0) is 18.2. The van der Waals surface area contributed by atoms with Crippen LogP contribution >= 0.6 is 0 Å². The standard InChI is InChI=1S/C20H37NO3/c1-14(2)19(6,13-18(4,5)21)16(22)24-17-20(12-15(3)23-17)10-8-7-9-11-20/h14-15,17H,7-13,21H2,1-6H3. The summed E-state index contributed by atoms with van der Waals surface area (Å²) in [5.74, 6) is 0.00836. The van der Waals surface area contributed by atoms with Gasteiger partial charge in [0.15, 0.2) is 0 Å². The first-order valence-corrected chi connectivity index (χ1v) is 9.64. The number of carbonyl (C=O) groups is 1. The molecule has 24 heavy (non-hydrogen) atoms. The van der Waals surface area contributed by atoms with Gasteiger partial charge in [-0.2, -0.15) is 0 Å². The van der Waals surface area contributed by atoms with Gasteiger partial charge in [0.1, 0.15) is 0 Å². The van der Waals surface area contributed by atoms with Gasteiger partial charge >= 0.3 is 5.97 Å². The summed E-state index contributed by atoms with van der Waals surface area (Å²) in [5, 5.41) is 0. The molecule has 2 N–H and O–H groups in total. The highest BCUT2D eigenvalue weighted by Gasteiger charge is 2.52. The fourth-order valence-electron chi connectivity index (χ4n) is 4.61. The number of hydrogen-bond donors (Lipinski definition) is 1. The van der Waals surface area contributed by atoms with Gasteiger partial charge in [-0.15, -0.1) is 0 Å². The number of nitrogens with two attached hydrogens (primary N) is 1. The van der Waals surface area contributed by atoms with Crippen LogP contribution in [-0.2, 0) is 14.3 Å². The molecule has 4 nitrogen and oxygen atoms in total. The van der Waals surface area contributed by atoms with Crippen molar-refractivity contribution in [3.63, 3.8) is 0 Å². The van der Waals surface area contributed by atoms with Gasteiger partial charge in [-0.3, -0.25) is 4.79 Å². The first kappa shape index (κ1) is 19.7. The highest BCUT2D eigenvalue weighted by Crippen LogP contribution is 2.50. The molecule has 3 unspecified atom stereocenters. The maximum absolute atomic E-state index is 13.1. The highest BCUT2D eigenvalue weighted by atomic mass is 16.7. The van der Waals surface area contributed by atoms with Crippen LogP contribution in [0.25, 0.3) is 0 Å². The Morgan fingerprint density at radius 2 is 1.83 bits per heavy atom. The molecule has 1 aliphatic heterocycles. The second kappa shape index (κ2) is 6.95. The average molecular weight is 340 g/mol. The number of ether oxygens (including phenoxy) is 2. The van der Waals surface area contributed by atoms with Gasteiger partial charge < -0.3 is 15.2 Å². The molecule has 1 aliphatic carbocycles. The van der Waals surface area contributed by atoms with Crippen LogP contribution in [0, 0.1) is 16.7 Å². The molecule has 2 rings (SSSR count). The summed E-state index contributed by atoms with van der Waals surface area (Å²) in [6.07, 6.45) is 7.30. The zero-order valence-corrected chi connectivity index (χ0v) is 16.5. The predicted molar refractivity (Wildman–Crippen MR) is 96.4 cm³/mol. The van der Waals surface area contributed by atoms with Crippen molar-refractivity contribution >= 4 is 5.97 Å². The lowest BCUT2D eigenvalue weighted by Gasteiger charge is -2.40. The van der Waals surface area contributed by atoms with E-state index in [-0.39, 0.29) is 29.7 Å². The Bertz CT molecular complexity index is 448. The van der Waals surface area contributed by atoms with Gasteiger partial charge in [-0.25, -0.2) is 0 Å². The molecule has 2 aliphatic rings. The van der Waals surface area contributed by atoms with Gasteiger partial charge in [0.2, 0.25) is 6.29 Å². The average Bonchev–Trinajstić information content (AvgIpc) is 2.72. The number of esters is 1. The topological polar surface area (TPSA) is 61.5 Å². The summed E-state index contributed by atoms with van der Waals surface area (Å²) in [7, 11) is 0. The lowest BCUT2D eigenvalue weighted by Crippen LogP contribution is -2.47. The summed E-state index contributed by atoms with van der Waals surface area (Å²) >= 11 is 0.